The van der Waals surface area contributed by atoms with Gasteiger partial charge in [-0.3, -0.25) is 14.8 Å². The summed E-state index contributed by atoms with van der Waals surface area (Å²) < 4.78 is 39.1. The Labute approximate surface area is 204 Å². The van der Waals surface area contributed by atoms with Crippen molar-refractivity contribution in [2.24, 2.45) is 4.99 Å². The zero-order chi connectivity index (χ0) is 25.3. The van der Waals surface area contributed by atoms with Gasteiger partial charge < -0.3 is 10.6 Å². The predicted octanol–water partition coefficient (Wildman–Crippen LogP) is 5.79. The lowest BCUT2D eigenvalue weighted by atomic mass is 10.1. The number of aromatic nitrogens is 3. The molecule has 0 saturated heterocycles. The molecular weight excluding hydrogens is 469 g/mol. The van der Waals surface area contributed by atoms with E-state index in [4.69, 9.17) is 0 Å². The molecule has 2 N–H and O–H groups in total. The van der Waals surface area contributed by atoms with Crippen LogP contribution in [0.5, 0.6) is 0 Å². The number of nitrogens with zero attached hydrogens (tertiary/aromatic N) is 4. The molecule has 36 heavy (non-hydrogen) atoms. The number of hydrogen-bond donors (Lipinski definition) is 2. The van der Waals surface area contributed by atoms with Crippen LogP contribution in [-0.4, -0.2) is 27.1 Å². The van der Waals surface area contributed by atoms with Gasteiger partial charge in [-0.15, -0.1) is 0 Å². The van der Waals surface area contributed by atoms with E-state index in [-0.39, 0.29) is 11.3 Å². The third-order valence-corrected chi connectivity index (χ3v) is 5.61. The van der Waals surface area contributed by atoms with Gasteiger partial charge in [0.25, 0.3) is 5.91 Å². The van der Waals surface area contributed by atoms with Crippen LogP contribution in [0.3, 0.4) is 0 Å². The van der Waals surface area contributed by atoms with Crippen molar-refractivity contribution in [3.05, 3.63) is 94.9 Å². The highest BCUT2D eigenvalue weighted by Crippen LogP contribution is 2.31. The number of carbonyl (C=O) groups excluding carboxylic acids is 1. The summed E-state index contributed by atoms with van der Waals surface area (Å²) in [5.41, 5.74) is 3.21. The lowest BCUT2D eigenvalue weighted by Crippen LogP contribution is -2.14. The van der Waals surface area contributed by atoms with E-state index in [1.807, 2.05) is 13.0 Å². The number of hydrogen-bond acceptors (Lipinski definition) is 6. The number of carbonyl (C=O) groups is 1. The van der Waals surface area contributed by atoms with Crippen LogP contribution in [-0.2, 0) is 12.7 Å². The molecular formula is C26H19F3N6O. The Balaban J connectivity index is 1.44. The number of amides is 1. The lowest BCUT2D eigenvalue weighted by Gasteiger charge is -2.15. The number of halogens is 3. The number of nitrogens with one attached hydrogen (secondary N) is 2. The van der Waals surface area contributed by atoms with E-state index >= 15 is 0 Å². The van der Waals surface area contributed by atoms with E-state index in [9.17, 15) is 18.0 Å². The van der Waals surface area contributed by atoms with Gasteiger partial charge in [-0.1, -0.05) is 12.1 Å². The SMILES string of the molecule is Cc1ccc(C(=O)Nc2cccc(C(F)(F)F)c2)cc1Nc1nc(-c2cccnc2)nc2c1C=NC2. The van der Waals surface area contributed by atoms with Crippen LogP contribution in [0, 0.1) is 6.92 Å². The number of alkyl halides is 3. The number of pyridine rings is 1. The molecule has 1 aliphatic heterocycles. The van der Waals surface area contributed by atoms with Crippen molar-refractivity contribution in [1.82, 2.24) is 15.0 Å². The summed E-state index contributed by atoms with van der Waals surface area (Å²) in [5.74, 6) is 0.479. The summed E-state index contributed by atoms with van der Waals surface area (Å²) in [7, 11) is 0. The maximum atomic E-state index is 13.0. The highest BCUT2D eigenvalue weighted by atomic mass is 19.4. The fourth-order valence-corrected chi connectivity index (χ4v) is 3.72. The second kappa shape index (κ2) is 9.21. The summed E-state index contributed by atoms with van der Waals surface area (Å²) in [4.78, 5) is 30.5. The van der Waals surface area contributed by atoms with Gasteiger partial charge in [0.1, 0.15) is 5.82 Å². The molecule has 3 heterocycles. The first-order valence-electron chi connectivity index (χ1n) is 11.0. The van der Waals surface area contributed by atoms with Crippen LogP contribution in [0.4, 0.5) is 30.4 Å². The van der Waals surface area contributed by atoms with Crippen molar-refractivity contribution in [2.45, 2.75) is 19.6 Å². The Morgan fingerprint density at radius 3 is 2.67 bits per heavy atom. The first-order valence-corrected chi connectivity index (χ1v) is 11.0. The van der Waals surface area contributed by atoms with Crippen LogP contribution >= 0.6 is 0 Å². The molecule has 0 fully saturated rings. The summed E-state index contributed by atoms with van der Waals surface area (Å²) in [5, 5.41) is 5.81. The Morgan fingerprint density at radius 2 is 1.89 bits per heavy atom. The molecule has 0 bridgehead atoms. The standard InChI is InChI=1S/C26H19F3N6O/c1-15-7-8-16(25(36)32-19-6-2-5-18(11-19)26(27,28)29)10-21(15)33-24-20-13-31-14-22(20)34-23(35-24)17-4-3-9-30-12-17/h2-13H,14H2,1H3,(H,32,36)(H,33,34,35). The molecule has 0 radical (unpaired) electrons. The van der Waals surface area contributed by atoms with Crippen LogP contribution in [0.1, 0.15) is 32.7 Å². The molecule has 0 saturated carbocycles. The fraction of sp³-hybridized carbons (Fsp3) is 0.115. The van der Waals surface area contributed by atoms with Crippen LogP contribution in [0.2, 0.25) is 0 Å². The average Bonchev–Trinajstić information content (AvgIpc) is 3.35. The highest BCUT2D eigenvalue weighted by Gasteiger charge is 2.30. The number of rotatable bonds is 5. The Bertz CT molecular complexity index is 1490. The van der Waals surface area contributed by atoms with Crippen molar-refractivity contribution in [3.63, 3.8) is 0 Å². The summed E-state index contributed by atoms with van der Waals surface area (Å²) in [6.07, 6.45) is 0.533. The monoisotopic (exact) mass is 488 g/mol. The number of anilines is 3. The molecule has 0 unspecified atom stereocenters. The first kappa shape index (κ1) is 23.2. The Kier molecular flexibility index (Phi) is 5.93. The van der Waals surface area contributed by atoms with E-state index in [1.165, 1.54) is 12.1 Å². The minimum Gasteiger partial charge on any atom is -0.339 e. The summed E-state index contributed by atoms with van der Waals surface area (Å²) in [6.45, 7) is 2.30. The van der Waals surface area contributed by atoms with Crippen molar-refractivity contribution in [3.8, 4) is 11.4 Å². The van der Waals surface area contributed by atoms with Gasteiger partial charge in [0.05, 0.1) is 23.4 Å². The van der Waals surface area contributed by atoms with E-state index in [2.05, 4.69) is 30.6 Å². The molecule has 2 aromatic carbocycles. The topological polar surface area (TPSA) is 92.2 Å². The van der Waals surface area contributed by atoms with Gasteiger partial charge in [0, 0.05) is 41.1 Å². The van der Waals surface area contributed by atoms with E-state index in [0.29, 0.717) is 23.9 Å². The molecule has 4 aromatic rings. The van der Waals surface area contributed by atoms with Gasteiger partial charge >= 0.3 is 6.18 Å². The number of aliphatic imine (C=N–C) groups is 1. The van der Waals surface area contributed by atoms with Crippen LogP contribution < -0.4 is 10.6 Å². The minimum absolute atomic E-state index is 0.0517. The molecule has 5 rings (SSSR count). The average molecular weight is 488 g/mol. The van der Waals surface area contributed by atoms with E-state index in [1.54, 1.807) is 42.9 Å². The molecule has 180 valence electrons. The summed E-state index contributed by atoms with van der Waals surface area (Å²) >= 11 is 0. The zero-order valence-electron chi connectivity index (χ0n) is 19.0. The molecule has 1 amide bonds. The van der Waals surface area contributed by atoms with Crippen LogP contribution in [0.25, 0.3) is 11.4 Å². The third kappa shape index (κ3) is 4.78. The molecule has 0 aliphatic carbocycles. The first-order chi connectivity index (χ1) is 17.3. The van der Waals surface area contributed by atoms with Gasteiger partial charge in [-0.2, -0.15) is 13.2 Å². The van der Waals surface area contributed by atoms with Crippen LogP contribution in [0.15, 0.2) is 72.0 Å². The highest BCUT2D eigenvalue weighted by molar-refractivity contribution is 6.05. The number of benzene rings is 2. The molecule has 1 aliphatic rings. The molecule has 0 spiro atoms. The Morgan fingerprint density at radius 1 is 1.03 bits per heavy atom. The predicted molar refractivity (Wildman–Crippen MR) is 130 cm³/mol. The Hall–Kier alpha value is -4.60. The van der Waals surface area contributed by atoms with Crippen molar-refractivity contribution < 1.29 is 18.0 Å². The molecule has 7 nitrogen and oxygen atoms in total. The smallest absolute Gasteiger partial charge is 0.339 e. The van der Waals surface area contributed by atoms with Crippen molar-refractivity contribution >= 4 is 29.3 Å². The zero-order valence-corrected chi connectivity index (χ0v) is 19.0. The molecule has 2 aromatic heterocycles. The maximum Gasteiger partial charge on any atom is 0.416 e. The van der Waals surface area contributed by atoms with Gasteiger partial charge in [0.15, 0.2) is 5.82 Å². The van der Waals surface area contributed by atoms with Gasteiger partial charge in [-0.25, -0.2) is 9.97 Å². The van der Waals surface area contributed by atoms with Crippen molar-refractivity contribution in [1.29, 1.82) is 0 Å². The minimum atomic E-state index is -4.50. The molecule has 0 atom stereocenters. The molecule has 10 heteroatoms. The second-order valence-electron chi connectivity index (χ2n) is 8.16. The van der Waals surface area contributed by atoms with Gasteiger partial charge in [0.2, 0.25) is 0 Å². The fourth-order valence-electron chi connectivity index (χ4n) is 3.72. The normalized spacial score (nSPS) is 12.3. The second-order valence-corrected chi connectivity index (χ2v) is 8.16. The maximum absolute atomic E-state index is 13.0. The van der Waals surface area contributed by atoms with Crippen molar-refractivity contribution in [2.75, 3.05) is 10.6 Å². The number of aryl methyl sites for hydroxylation is 1. The van der Waals surface area contributed by atoms with E-state index < -0.39 is 17.6 Å². The summed E-state index contributed by atoms with van der Waals surface area (Å²) in [6, 6.07) is 13.1. The van der Waals surface area contributed by atoms with Gasteiger partial charge in [-0.05, 0) is 55.0 Å². The van der Waals surface area contributed by atoms with E-state index in [0.717, 1.165) is 34.5 Å². The number of fused-ring (bicyclic) bond motifs is 1. The third-order valence-electron chi connectivity index (χ3n) is 5.61. The quantitative estimate of drug-likeness (QED) is 0.371. The largest absolute Gasteiger partial charge is 0.416 e. The lowest BCUT2D eigenvalue weighted by molar-refractivity contribution is -0.137.